The Morgan fingerprint density at radius 2 is 1.60 bits per heavy atom. The summed E-state index contributed by atoms with van der Waals surface area (Å²) in [6.45, 7) is 2.10. The van der Waals surface area contributed by atoms with Crippen LogP contribution in [-0.2, 0) is 25.7 Å². The molecule has 130 valence electrons. The molecule has 2 aromatic carbocycles. The SMILES string of the molecule is CC=C[C@H]1CCc2c(ccc3c2CC[C@H](c2ccc(F)c(F)c2)C3)C1. The van der Waals surface area contributed by atoms with Gasteiger partial charge in [-0.05, 0) is 97.2 Å². The highest BCUT2D eigenvalue weighted by Gasteiger charge is 2.26. The van der Waals surface area contributed by atoms with Crippen LogP contribution in [0.5, 0.6) is 0 Å². The third-order valence-electron chi connectivity index (χ3n) is 5.96. The van der Waals surface area contributed by atoms with Crippen LogP contribution in [0.15, 0.2) is 42.5 Å². The maximum Gasteiger partial charge on any atom is 0.159 e. The predicted octanol–water partition coefficient (Wildman–Crippen LogP) is 5.92. The van der Waals surface area contributed by atoms with E-state index in [2.05, 4.69) is 31.2 Å². The molecule has 0 amide bonds. The first-order valence-electron chi connectivity index (χ1n) is 9.36. The number of benzene rings is 2. The van der Waals surface area contributed by atoms with Crippen molar-refractivity contribution in [3.8, 4) is 0 Å². The summed E-state index contributed by atoms with van der Waals surface area (Å²) in [6.07, 6.45) is 11.1. The van der Waals surface area contributed by atoms with Gasteiger partial charge in [-0.15, -0.1) is 0 Å². The van der Waals surface area contributed by atoms with Crippen LogP contribution in [0, 0.1) is 17.6 Å². The molecule has 0 aromatic heterocycles. The molecular formula is C23H24F2. The molecule has 0 radical (unpaired) electrons. The summed E-state index contributed by atoms with van der Waals surface area (Å²) in [5, 5.41) is 0. The van der Waals surface area contributed by atoms with Crippen LogP contribution in [0.25, 0.3) is 0 Å². The van der Waals surface area contributed by atoms with Crippen LogP contribution >= 0.6 is 0 Å². The minimum atomic E-state index is -0.760. The summed E-state index contributed by atoms with van der Waals surface area (Å²) >= 11 is 0. The van der Waals surface area contributed by atoms with Crippen molar-refractivity contribution in [3.05, 3.63) is 81.9 Å². The highest BCUT2D eigenvalue weighted by Crippen LogP contribution is 2.38. The molecule has 2 aliphatic carbocycles. The number of halogens is 2. The van der Waals surface area contributed by atoms with E-state index in [1.165, 1.54) is 41.7 Å². The van der Waals surface area contributed by atoms with Crippen molar-refractivity contribution in [3.63, 3.8) is 0 Å². The summed E-state index contributed by atoms with van der Waals surface area (Å²) in [4.78, 5) is 0. The average Bonchev–Trinajstić information content (AvgIpc) is 2.63. The summed E-state index contributed by atoms with van der Waals surface area (Å²) in [7, 11) is 0. The molecule has 0 saturated heterocycles. The van der Waals surface area contributed by atoms with Crippen LogP contribution in [0.3, 0.4) is 0 Å². The second-order valence-corrected chi connectivity index (χ2v) is 7.48. The number of rotatable bonds is 2. The lowest BCUT2D eigenvalue weighted by Gasteiger charge is -2.31. The van der Waals surface area contributed by atoms with Crippen LogP contribution in [-0.4, -0.2) is 0 Å². The third kappa shape index (κ3) is 3.15. The lowest BCUT2D eigenvalue weighted by atomic mass is 9.74. The minimum Gasteiger partial charge on any atom is -0.204 e. The van der Waals surface area contributed by atoms with Gasteiger partial charge in [0.1, 0.15) is 0 Å². The maximum absolute atomic E-state index is 13.6. The largest absolute Gasteiger partial charge is 0.204 e. The summed E-state index contributed by atoms with van der Waals surface area (Å²) in [5.74, 6) is -0.525. The lowest BCUT2D eigenvalue weighted by Crippen LogP contribution is -2.20. The molecule has 2 atom stereocenters. The van der Waals surface area contributed by atoms with Gasteiger partial charge in [-0.2, -0.15) is 0 Å². The van der Waals surface area contributed by atoms with Gasteiger partial charge in [-0.3, -0.25) is 0 Å². The fourth-order valence-corrected chi connectivity index (χ4v) is 4.68. The zero-order chi connectivity index (χ0) is 17.4. The van der Waals surface area contributed by atoms with Crippen molar-refractivity contribution in [2.24, 2.45) is 5.92 Å². The van der Waals surface area contributed by atoms with Crippen molar-refractivity contribution >= 4 is 0 Å². The molecule has 0 saturated carbocycles. The van der Waals surface area contributed by atoms with Crippen LogP contribution in [0.2, 0.25) is 0 Å². The molecule has 0 spiro atoms. The highest BCUT2D eigenvalue weighted by atomic mass is 19.2. The van der Waals surface area contributed by atoms with Crippen molar-refractivity contribution in [2.45, 2.75) is 51.4 Å². The van der Waals surface area contributed by atoms with E-state index in [0.29, 0.717) is 11.8 Å². The second kappa shape index (κ2) is 6.74. The molecule has 0 unspecified atom stereocenters. The van der Waals surface area contributed by atoms with Gasteiger partial charge in [0.15, 0.2) is 11.6 Å². The molecule has 25 heavy (non-hydrogen) atoms. The van der Waals surface area contributed by atoms with Gasteiger partial charge in [-0.1, -0.05) is 30.4 Å². The second-order valence-electron chi connectivity index (χ2n) is 7.48. The van der Waals surface area contributed by atoms with Crippen molar-refractivity contribution in [1.82, 2.24) is 0 Å². The van der Waals surface area contributed by atoms with Crippen molar-refractivity contribution < 1.29 is 8.78 Å². The first-order chi connectivity index (χ1) is 12.2. The Bertz CT molecular complexity index is 819. The first kappa shape index (κ1) is 16.5. The van der Waals surface area contributed by atoms with E-state index in [1.54, 1.807) is 11.6 Å². The van der Waals surface area contributed by atoms with Crippen LogP contribution in [0.1, 0.15) is 53.5 Å². The van der Waals surface area contributed by atoms with Crippen molar-refractivity contribution in [2.75, 3.05) is 0 Å². The zero-order valence-electron chi connectivity index (χ0n) is 14.7. The molecular weight excluding hydrogens is 314 g/mol. The molecule has 2 aromatic rings. The highest BCUT2D eigenvalue weighted by molar-refractivity contribution is 5.45. The Hall–Kier alpha value is -1.96. The summed E-state index contributed by atoms with van der Waals surface area (Å²) < 4.78 is 26.8. The quantitative estimate of drug-likeness (QED) is 0.596. The minimum absolute atomic E-state index is 0.292. The molecule has 2 aliphatic rings. The molecule has 0 N–H and O–H groups in total. The van der Waals surface area contributed by atoms with Gasteiger partial charge >= 0.3 is 0 Å². The standard InChI is InChI=1S/C23H24F2/c1-2-3-15-4-9-20-18(12-15)5-6-19-13-16(7-10-21(19)20)17-8-11-22(24)23(25)14-17/h2-3,5-6,8,11,14-16H,4,7,9-10,12-13H2,1H3/t15-,16-/m0/s1. The third-order valence-corrected chi connectivity index (χ3v) is 5.96. The number of hydrogen-bond acceptors (Lipinski definition) is 0. The molecule has 2 heteroatoms. The molecule has 0 heterocycles. The Morgan fingerprint density at radius 3 is 2.32 bits per heavy atom. The Balaban J connectivity index is 1.59. The summed E-state index contributed by atoms with van der Waals surface area (Å²) in [6, 6.07) is 8.96. The Labute approximate surface area is 148 Å². The van der Waals surface area contributed by atoms with E-state index in [0.717, 1.165) is 31.2 Å². The van der Waals surface area contributed by atoms with Gasteiger partial charge < -0.3 is 0 Å². The van der Waals surface area contributed by atoms with E-state index >= 15 is 0 Å². The van der Waals surface area contributed by atoms with Gasteiger partial charge in [-0.25, -0.2) is 8.78 Å². The zero-order valence-corrected chi connectivity index (χ0v) is 14.7. The van der Waals surface area contributed by atoms with Gasteiger partial charge in [0.2, 0.25) is 0 Å². The Morgan fingerprint density at radius 1 is 0.880 bits per heavy atom. The van der Waals surface area contributed by atoms with E-state index in [9.17, 15) is 8.78 Å². The molecule has 4 rings (SSSR count). The van der Waals surface area contributed by atoms with Gasteiger partial charge in [0.05, 0.1) is 0 Å². The number of fused-ring (bicyclic) bond motifs is 3. The van der Waals surface area contributed by atoms with E-state index in [-0.39, 0.29) is 0 Å². The average molecular weight is 338 g/mol. The normalized spacial score (nSPS) is 22.7. The topological polar surface area (TPSA) is 0 Å². The molecule has 0 aliphatic heterocycles. The number of hydrogen-bond donors (Lipinski definition) is 0. The van der Waals surface area contributed by atoms with E-state index in [1.807, 2.05) is 0 Å². The molecule has 0 nitrogen and oxygen atoms in total. The van der Waals surface area contributed by atoms with E-state index in [4.69, 9.17) is 0 Å². The van der Waals surface area contributed by atoms with Crippen molar-refractivity contribution in [1.29, 1.82) is 0 Å². The van der Waals surface area contributed by atoms with Crippen LogP contribution < -0.4 is 0 Å². The Kier molecular flexibility index (Phi) is 4.45. The number of allylic oxidation sites excluding steroid dienone is 2. The smallest absolute Gasteiger partial charge is 0.159 e. The predicted molar refractivity (Wildman–Crippen MR) is 97.9 cm³/mol. The lowest BCUT2D eigenvalue weighted by molar-refractivity contribution is 0.500. The molecule has 0 fully saturated rings. The fraction of sp³-hybridized carbons (Fsp3) is 0.391. The van der Waals surface area contributed by atoms with E-state index < -0.39 is 11.6 Å². The van der Waals surface area contributed by atoms with Gasteiger partial charge in [0.25, 0.3) is 0 Å². The monoisotopic (exact) mass is 338 g/mol. The first-order valence-corrected chi connectivity index (χ1v) is 9.36. The maximum atomic E-state index is 13.6. The fourth-order valence-electron chi connectivity index (χ4n) is 4.68. The van der Waals surface area contributed by atoms with Gasteiger partial charge in [0, 0.05) is 0 Å². The summed E-state index contributed by atoms with van der Waals surface area (Å²) in [5.41, 5.74) is 6.95. The van der Waals surface area contributed by atoms with Crippen LogP contribution in [0.4, 0.5) is 8.78 Å². The molecule has 0 bridgehead atoms.